The van der Waals surface area contributed by atoms with Gasteiger partial charge in [-0.1, -0.05) is 17.7 Å². The lowest BCUT2D eigenvalue weighted by molar-refractivity contribution is 0.199. The first-order valence-electron chi connectivity index (χ1n) is 5.82. The second-order valence-electron chi connectivity index (χ2n) is 4.39. The lowest BCUT2D eigenvalue weighted by atomic mass is 10.1. The van der Waals surface area contributed by atoms with Crippen molar-refractivity contribution in [2.24, 2.45) is 0 Å². The van der Waals surface area contributed by atoms with Crippen molar-refractivity contribution >= 4 is 17.3 Å². The van der Waals surface area contributed by atoms with Crippen molar-refractivity contribution < 1.29 is 10.2 Å². The number of anilines is 1. The molecule has 1 aromatic rings. The molecule has 1 atom stereocenters. The summed E-state index contributed by atoms with van der Waals surface area (Å²) in [6.45, 7) is 6.49. The van der Waals surface area contributed by atoms with Gasteiger partial charge in [0.05, 0.1) is 12.7 Å². The number of rotatable bonds is 5. The lowest BCUT2D eigenvalue weighted by Gasteiger charge is -2.28. The molecule has 17 heavy (non-hydrogen) atoms. The van der Waals surface area contributed by atoms with E-state index < -0.39 is 6.10 Å². The summed E-state index contributed by atoms with van der Waals surface area (Å²) >= 11 is 6.12. The highest BCUT2D eigenvalue weighted by molar-refractivity contribution is 6.31. The smallest absolute Gasteiger partial charge is 0.0776 e. The average molecular weight is 258 g/mol. The summed E-state index contributed by atoms with van der Waals surface area (Å²) in [7, 11) is 0. The van der Waals surface area contributed by atoms with E-state index in [1.807, 2.05) is 18.2 Å². The molecule has 0 spiro atoms. The summed E-state index contributed by atoms with van der Waals surface area (Å²) in [4.78, 5) is 2.07. The Hall–Kier alpha value is -0.770. The average Bonchev–Trinajstić information content (AvgIpc) is 2.24. The third-order valence-corrected chi connectivity index (χ3v) is 3.06. The maximum atomic E-state index is 9.51. The highest BCUT2D eigenvalue weighted by atomic mass is 35.5. The third kappa shape index (κ3) is 3.60. The van der Waals surface area contributed by atoms with Gasteiger partial charge in [-0.2, -0.15) is 0 Å². The van der Waals surface area contributed by atoms with Crippen molar-refractivity contribution in [3.8, 4) is 0 Å². The molecular weight excluding hydrogens is 238 g/mol. The fourth-order valence-electron chi connectivity index (χ4n) is 1.83. The zero-order chi connectivity index (χ0) is 13.0. The number of hydrogen-bond donors (Lipinski definition) is 2. The van der Waals surface area contributed by atoms with Crippen LogP contribution in [-0.2, 0) is 0 Å². The second kappa shape index (κ2) is 6.24. The van der Waals surface area contributed by atoms with E-state index >= 15 is 0 Å². The van der Waals surface area contributed by atoms with Crippen molar-refractivity contribution in [2.75, 3.05) is 18.1 Å². The van der Waals surface area contributed by atoms with Gasteiger partial charge in [0.15, 0.2) is 0 Å². The summed E-state index contributed by atoms with van der Waals surface area (Å²) in [5, 5.41) is 19.1. The molecule has 0 radical (unpaired) electrons. The van der Waals surface area contributed by atoms with E-state index in [0.29, 0.717) is 11.6 Å². The number of benzene rings is 1. The molecule has 96 valence electrons. The normalized spacial score (nSPS) is 12.9. The topological polar surface area (TPSA) is 43.7 Å². The minimum atomic E-state index is -0.568. The number of halogens is 1. The number of nitrogens with zero attached hydrogens (tertiary/aromatic N) is 1. The summed E-state index contributed by atoms with van der Waals surface area (Å²) in [6.07, 6.45) is -0.568. The monoisotopic (exact) mass is 257 g/mol. The fourth-order valence-corrected chi connectivity index (χ4v) is 2.16. The van der Waals surface area contributed by atoms with Gasteiger partial charge in [-0.05, 0) is 38.5 Å². The largest absolute Gasteiger partial charge is 0.395 e. The van der Waals surface area contributed by atoms with Gasteiger partial charge >= 0.3 is 0 Å². The van der Waals surface area contributed by atoms with E-state index in [4.69, 9.17) is 16.7 Å². The van der Waals surface area contributed by atoms with Crippen LogP contribution >= 0.6 is 11.6 Å². The molecule has 0 saturated carbocycles. The van der Waals surface area contributed by atoms with Crippen LogP contribution in [-0.4, -0.2) is 29.4 Å². The van der Waals surface area contributed by atoms with E-state index in [2.05, 4.69) is 18.7 Å². The lowest BCUT2D eigenvalue weighted by Crippen LogP contribution is -2.33. The molecule has 0 fully saturated rings. The van der Waals surface area contributed by atoms with E-state index in [1.165, 1.54) is 0 Å². The van der Waals surface area contributed by atoms with Crippen LogP contribution in [0.25, 0.3) is 0 Å². The van der Waals surface area contributed by atoms with Gasteiger partial charge in [0.2, 0.25) is 0 Å². The summed E-state index contributed by atoms with van der Waals surface area (Å²) < 4.78 is 0. The molecule has 3 nitrogen and oxygen atoms in total. The Balaban J connectivity index is 3.02. The highest BCUT2D eigenvalue weighted by Crippen LogP contribution is 2.28. The minimum absolute atomic E-state index is 0.105. The van der Waals surface area contributed by atoms with Gasteiger partial charge in [-0.15, -0.1) is 0 Å². The highest BCUT2D eigenvalue weighted by Gasteiger charge is 2.13. The van der Waals surface area contributed by atoms with Crippen LogP contribution in [0.15, 0.2) is 18.2 Å². The molecule has 0 saturated heterocycles. The number of aliphatic hydroxyl groups excluding tert-OH is 2. The van der Waals surface area contributed by atoms with Crippen LogP contribution in [0.1, 0.15) is 32.4 Å². The number of hydrogen-bond acceptors (Lipinski definition) is 3. The van der Waals surface area contributed by atoms with Crippen LogP contribution in [0.3, 0.4) is 0 Å². The van der Waals surface area contributed by atoms with Crippen LogP contribution in [0.2, 0.25) is 5.02 Å². The Morgan fingerprint density at radius 1 is 1.29 bits per heavy atom. The van der Waals surface area contributed by atoms with Gasteiger partial charge in [0.25, 0.3) is 0 Å². The van der Waals surface area contributed by atoms with Gasteiger partial charge in [0, 0.05) is 23.3 Å². The summed E-state index contributed by atoms with van der Waals surface area (Å²) in [5.74, 6) is 0. The Bertz CT molecular complexity index is 366. The Morgan fingerprint density at radius 2 is 1.94 bits per heavy atom. The van der Waals surface area contributed by atoms with Crippen LogP contribution in [0.4, 0.5) is 5.69 Å². The molecular formula is C13H20ClNO2. The van der Waals surface area contributed by atoms with Crippen LogP contribution < -0.4 is 4.90 Å². The predicted molar refractivity (Wildman–Crippen MR) is 71.7 cm³/mol. The molecule has 1 aromatic carbocycles. The van der Waals surface area contributed by atoms with Crippen LogP contribution in [0.5, 0.6) is 0 Å². The van der Waals surface area contributed by atoms with Gasteiger partial charge in [-0.3, -0.25) is 0 Å². The van der Waals surface area contributed by atoms with Crippen molar-refractivity contribution in [3.05, 3.63) is 28.8 Å². The minimum Gasteiger partial charge on any atom is -0.395 e. The Kier molecular flexibility index (Phi) is 5.25. The molecule has 0 aliphatic rings. The molecule has 0 bridgehead atoms. The molecule has 0 amide bonds. The molecule has 2 N–H and O–H groups in total. The molecule has 0 aromatic heterocycles. The quantitative estimate of drug-likeness (QED) is 0.852. The van der Waals surface area contributed by atoms with Gasteiger partial charge < -0.3 is 15.1 Å². The van der Waals surface area contributed by atoms with Gasteiger partial charge in [0.1, 0.15) is 0 Å². The molecule has 1 unspecified atom stereocenters. The molecule has 0 heterocycles. The molecule has 1 rings (SSSR count). The van der Waals surface area contributed by atoms with Gasteiger partial charge in [-0.25, -0.2) is 0 Å². The second-order valence-corrected chi connectivity index (χ2v) is 4.80. The Labute approximate surface area is 108 Å². The zero-order valence-corrected chi connectivity index (χ0v) is 11.3. The van der Waals surface area contributed by atoms with E-state index in [-0.39, 0.29) is 12.6 Å². The fraction of sp³-hybridized carbons (Fsp3) is 0.538. The van der Waals surface area contributed by atoms with E-state index in [9.17, 15) is 5.11 Å². The van der Waals surface area contributed by atoms with E-state index in [1.54, 1.807) is 6.92 Å². The first kappa shape index (κ1) is 14.3. The van der Waals surface area contributed by atoms with Crippen LogP contribution in [0, 0.1) is 0 Å². The summed E-state index contributed by atoms with van der Waals surface area (Å²) in [5.41, 5.74) is 1.69. The third-order valence-electron chi connectivity index (χ3n) is 2.73. The maximum absolute atomic E-state index is 9.51. The van der Waals surface area contributed by atoms with Crippen molar-refractivity contribution in [2.45, 2.75) is 32.9 Å². The molecule has 0 aliphatic heterocycles. The summed E-state index contributed by atoms with van der Waals surface area (Å²) in [6, 6.07) is 5.87. The maximum Gasteiger partial charge on any atom is 0.0776 e. The van der Waals surface area contributed by atoms with Crippen molar-refractivity contribution in [3.63, 3.8) is 0 Å². The zero-order valence-electron chi connectivity index (χ0n) is 10.5. The van der Waals surface area contributed by atoms with E-state index in [0.717, 1.165) is 11.3 Å². The molecule has 4 heteroatoms. The predicted octanol–water partition coefficient (Wildman–Crippen LogP) is 2.60. The Morgan fingerprint density at radius 3 is 2.35 bits per heavy atom. The molecule has 0 aliphatic carbocycles. The van der Waals surface area contributed by atoms with Crippen molar-refractivity contribution in [1.82, 2.24) is 0 Å². The number of aliphatic hydroxyl groups is 2. The SMILES string of the molecule is CC(O)c1ccc(N(CCO)C(C)C)cc1Cl. The first-order valence-corrected chi connectivity index (χ1v) is 6.20. The van der Waals surface area contributed by atoms with Crippen molar-refractivity contribution in [1.29, 1.82) is 0 Å². The first-order chi connectivity index (χ1) is 7.97. The standard InChI is InChI=1S/C13H20ClNO2/c1-9(2)15(6-7-16)11-4-5-12(10(3)17)13(14)8-11/h4-5,8-10,16-17H,6-7H2,1-3H3.